The number of rotatable bonds is 4. The molecular weight excluding hydrogens is 351 g/mol. The van der Waals surface area contributed by atoms with Crippen molar-refractivity contribution in [2.24, 2.45) is 0 Å². The summed E-state index contributed by atoms with van der Waals surface area (Å²) < 4.78 is 21.8. The molecule has 3 nitrogen and oxygen atoms in total. The minimum atomic E-state index is -1.45. The molecule has 0 radical (unpaired) electrons. The van der Waals surface area contributed by atoms with Crippen molar-refractivity contribution in [3.05, 3.63) is 54.6 Å². The van der Waals surface area contributed by atoms with Crippen LogP contribution in [0.2, 0.25) is 0 Å². The summed E-state index contributed by atoms with van der Waals surface area (Å²) >= 11 is 0.159. The quantitative estimate of drug-likeness (QED) is 0.777. The van der Waals surface area contributed by atoms with Gasteiger partial charge in [0, 0.05) is 0 Å². The van der Waals surface area contributed by atoms with Gasteiger partial charge in [0.1, 0.15) is 34.5 Å². The molecule has 2 aromatic carbocycles. The first kappa shape index (κ1) is 12.5. The molecule has 1 unspecified atom stereocenters. The second kappa shape index (κ2) is 6.13. The molecule has 2 aromatic rings. The smallest absolute Gasteiger partial charge is 0.199 e. The second-order valence-corrected chi connectivity index (χ2v) is 5.33. The molecule has 0 aromatic heterocycles. The van der Waals surface area contributed by atoms with Gasteiger partial charge in [0.2, 0.25) is 0 Å². The summed E-state index contributed by atoms with van der Waals surface area (Å²) in [5, 5.41) is 0. The van der Waals surface area contributed by atoms with Crippen LogP contribution in [0.1, 0.15) is 0 Å². The predicted molar refractivity (Wildman–Crippen MR) is 74.5 cm³/mol. The highest BCUT2D eigenvalue weighted by molar-refractivity contribution is 14.1. The van der Waals surface area contributed by atoms with Gasteiger partial charge in [-0.05, 0) is 30.3 Å². The third kappa shape index (κ3) is 3.52. The van der Waals surface area contributed by atoms with Gasteiger partial charge in [0.25, 0.3) is 0 Å². The maximum atomic E-state index is 11.4. The number of hydrogen-bond donors (Lipinski definition) is 0. The fourth-order valence-corrected chi connectivity index (χ4v) is 2.40. The summed E-state index contributed by atoms with van der Waals surface area (Å²) in [4.78, 5) is 0.577. The molecule has 88 valence electrons. The van der Waals surface area contributed by atoms with E-state index < -0.39 is 11.1 Å². The standard InChI is InChI=1S/C12H9IO3S/c13-16-17(14)12-8-4-7-11(9-12)15-10-5-2-1-3-6-10/h1-9H. The van der Waals surface area contributed by atoms with Crippen LogP contribution in [0.5, 0.6) is 11.5 Å². The Hall–Kier alpha value is -0.920. The van der Waals surface area contributed by atoms with E-state index in [1.165, 1.54) is 0 Å². The van der Waals surface area contributed by atoms with Gasteiger partial charge in [-0.2, -0.15) is 0 Å². The first-order valence-electron chi connectivity index (χ1n) is 4.83. The molecular formula is C12H9IO3S. The zero-order chi connectivity index (χ0) is 12.1. The zero-order valence-electron chi connectivity index (χ0n) is 8.71. The van der Waals surface area contributed by atoms with Crippen LogP contribution < -0.4 is 4.74 Å². The van der Waals surface area contributed by atoms with Gasteiger partial charge < -0.3 is 4.74 Å². The number of ether oxygens (including phenoxy) is 1. The molecule has 0 heterocycles. The third-order valence-corrected chi connectivity index (χ3v) is 3.77. The SMILES string of the molecule is O=S(OI)c1cccc(Oc2ccccc2)c1. The van der Waals surface area contributed by atoms with Gasteiger partial charge in [0.05, 0.1) is 4.90 Å². The predicted octanol–water partition coefficient (Wildman–Crippen LogP) is 3.87. The van der Waals surface area contributed by atoms with E-state index in [1.807, 2.05) is 30.3 Å². The van der Waals surface area contributed by atoms with Gasteiger partial charge in [-0.25, -0.2) is 6.72 Å². The maximum Gasteiger partial charge on any atom is 0.199 e. The molecule has 5 heteroatoms. The van der Waals surface area contributed by atoms with Gasteiger partial charge in [-0.1, -0.05) is 24.3 Å². The van der Waals surface area contributed by atoms with E-state index >= 15 is 0 Å². The molecule has 17 heavy (non-hydrogen) atoms. The summed E-state index contributed by atoms with van der Waals surface area (Å²) in [6, 6.07) is 16.4. The van der Waals surface area contributed by atoms with E-state index in [0.717, 1.165) is 5.75 Å². The van der Waals surface area contributed by atoms with Crippen LogP contribution in [-0.4, -0.2) is 4.21 Å². The summed E-state index contributed by atoms with van der Waals surface area (Å²) in [7, 11) is 0. The van der Waals surface area contributed by atoms with Gasteiger partial charge >= 0.3 is 0 Å². The molecule has 0 aliphatic heterocycles. The van der Waals surface area contributed by atoms with Crippen LogP contribution in [0.3, 0.4) is 0 Å². The Morgan fingerprint density at radius 3 is 2.35 bits per heavy atom. The Labute approximate surface area is 116 Å². The van der Waals surface area contributed by atoms with Crippen molar-refractivity contribution < 1.29 is 11.5 Å². The van der Waals surface area contributed by atoms with E-state index in [4.69, 9.17) is 7.25 Å². The van der Waals surface area contributed by atoms with Crippen LogP contribution in [0.25, 0.3) is 0 Å². The highest BCUT2D eigenvalue weighted by atomic mass is 127. The average Bonchev–Trinajstić information content (AvgIpc) is 2.39. The van der Waals surface area contributed by atoms with Gasteiger partial charge in [-0.3, -0.25) is 0 Å². The molecule has 0 amide bonds. The number of halogens is 1. The fourth-order valence-electron chi connectivity index (χ4n) is 1.30. The molecule has 0 aliphatic carbocycles. The molecule has 0 saturated heterocycles. The lowest BCUT2D eigenvalue weighted by Gasteiger charge is -2.06. The van der Waals surface area contributed by atoms with E-state index in [1.54, 1.807) is 47.3 Å². The highest BCUT2D eigenvalue weighted by Gasteiger charge is 2.05. The molecule has 2 rings (SSSR count). The molecule has 0 saturated carbocycles. The number of benzene rings is 2. The van der Waals surface area contributed by atoms with Crippen molar-refractivity contribution in [2.45, 2.75) is 4.90 Å². The van der Waals surface area contributed by atoms with Crippen LogP contribution in [-0.2, 0) is 13.6 Å². The lowest BCUT2D eigenvalue weighted by molar-refractivity contribution is 0.481. The van der Waals surface area contributed by atoms with Crippen molar-refractivity contribution in [3.63, 3.8) is 0 Å². The largest absolute Gasteiger partial charge is 0.457 e. The summed E-state index contributed by atoms with van der Waals surface area (Å²) in [6.07, 6.45) is 0. The van der Waals surface area contributed by atoms with Gasteiger partial charge in [0.15, 0.2) is 11.1 Å². The summed E-state index contributed by atoms with van der Waals surface area (Å²) in [5.74, 6) is 1.38. The van der Waals surface area contributed by atoms with Crippen LogP contribution in [0, 0.1) is 0 Å². The zero-order valence-corrected chi connectivity index (χ0v) is 11.7. The molecule has 1 atom stereocenters. The van der Waals surface area contributed by atoms with Crippen molar-refractivity contribution in [2.75, 3.05) is 0 Å². The molecule has 0 spiro atoms. The number of hydrogen-bond acceptors (Lipinski definition) is 3. The maximum absolute atomic E-state index is 11.4. The van der Waals surface area contributed by atoms with E-state index in [-0.39, 0.29) is 0 Å². The van der Waals surface area contributed by atoms with Crippen molar-refractivity contribution >= 4 is 34.1 Å². The second-order valence-electron chi connectivity index (χ2n) is 3.19. The minimum Gasteiger partial charge on any atom is -0.457 e. The van der Waals surface area contributed by atoms with Crippen LogP contribution in [0.4, 0.5) is 0 Å². The van der Waals surface area contributed by atoms with Crippen LogP contribution in [0.15, 0.2) is 59.5 Å². The monoisotopic (exact) mass is 360 g/mol. The number of para-hydroxylation sites is 1. The van der Waals surface area contributed by atoms with E-state index in [9.17, 15) is 4.21 Å². The third-order valence-electron chi connectivity index (χ3n) is 2.03. The Balaban J connectivity index is 2.20. The molecule has 0 aliphatic rings. The topological polar surface area (TPSA) is 35.5 Å². The van der Waals surface area contributed by atoms with Crippen molar-refractivity contribution in [1.29, 1.82) is 0 Å². The Bertz CT molecular complexity index is 516. The average molecular weight is 360 g/mol. The van der Waals surface area contributed by atoms with E-state index in [2.05, 4.69) is 0 Å². The van der Waals surface area contributed by atoms with Crippen LogP contribution >= 0.6 is 23.0 Å². The first-order valence-corrected chi connectivity index (χ1v) is 6.79. The van der Waals surface area contributed by atoms with Crippen molar-refractivity contribution in [3.8, 4) is 11.5 Å². The lowest BCUT2D eigenvalue weighted by atomic mass is 10.3. The fraction of sp³-hybridized carbons (Fsp3) is 0. The minimum absolute atomic E-state index is 0.577. The Kier molecular flexibility index (Phi) is 4.52. The first-order chi connectivity index (χ1) is 8.29. The van der Waals surface area contributed by atoms with Gasteiger partial charge in [-0.15, -0.1) is 0 Å². The van der Waals surface area contributed by atoms with E-state index in [0.29, 0.717) is 10.6 Å². The normalized spacial score (nSPS) is 12.1. The highest BCUT2D eigenvalue weighted by Crippen LogP contribution is 2.23. The summed E-state index contributed by atoms with van der Waals surface area (Å²) in [5.41, 5.74) is 0. The Morgan fingerprint density at radius 2 is 1.65 bits per heavy atom. The molecule has 0 fully saturated rings. The van der Waals surface area contributed by atoms with Crippen molar-refractivity contribution in [1.82, 2.24) is 0 Å². The molecule has 0 bridgehead atoms. The lowest BCUT2D eigenvalue weighted by Crippen LogP contribution is -1.90. The summed E-state index contributed by atoms with van der Waals surface area (Å²) in [6.45, 7) is 0. The molecule has 0 N–H and O–H groups in total. The Morgan fingerprint density at radius 1 is 0.941 bits per heavy atom.